The van der Waals surface area contributed by atoms with Gasteiger partial charge in [0.25, 0.3) is 0 Å². The summed E-state index contributed by atoms with van der Waals surface area (Å²) >= 11 is 5.76. The lowest BCUT2D eigenvalue weighted by molar-refractivity contribution is -0.141. The van der Waals surface area contributed by atoms with Crippen LogP contribution >= 0.6 is 38.6 Å². The lowest BCUT2D eigenvalue weighted by atomic mass is 10.3. The first kappa shape index (κ1) is 15.9. The lowest BCUT2D eigenvalue weighted by Gasteiger charge is -2.09. The minimum atomic E-state index is -4.42. The summed E-state index contributed by atoms with van der Waals surface area (Å²) in [6.45, 7) is 3.97. The number of hydrogen-bond donors (Lipinski definition) is 1. The highest BCUT2D eigenvalue weighted by molar-refractivity contribution is 9.10. The molecule has 20 heavy (non-hydrogen) atoms. The van der Waals surface area contributed by atoms with E-state index in [1.54, 1.807) is 6.07 Å². The minimum absolute atomic E-state index is 0.123. The van der Waals surface area contributed by atoms with Gasteiger partial charge in [-0.1, -0.05) is 13.8 Å². The molecule has 2 nitrogen and oxygen atoms in total. The first-order chi connectivity index (χ1) is 9.27. The SMILES string of the molecule is CC(C)NCc1sc(-c2cc(Br)cs2)nc1C(F)(F)F. The third-order valence-electron chi connectivity index (χ3n) is 2.41. The fourth-order valence-corrected chi connectivity index (χ4v) is 4.04. The molecular weight excluding hydrogens is 373 g/mol. The molecule has 2 aromatic rings. The van der Waals surface area contributed by atoms with Gasteiger partial charge in [-0.3, -0.25) is 0 Å². The molecule has 0 unspecified atom stereocenters. The van der Waals surface area contributed by atoms with E-state index in [-0.39, 0.29) is 17.5 Å². The molecule has 8 heteroatoms. The van der Waals surface area contributed by atoms with Crippen LogP contribution in [0.4, 0.5) is 13.2 Å². The summed E-state index contributed by atoms with van der Waals surface area (Å²) in [5.41, 5.74) is -0.782. The quantitative estimate of drug-likeness (QED) is 0.787. The third-order valence-corrected chi connectivity index (χ3v) is 5.33. The lowest BCUT2D eigenvalue weighted by Crippen LogP contribution is -2.23. The molecule has 0 spiro atoms. The molecule has 1 N–H and O–H groups in total. The second-order valence-corrected chi connectivity index (χ2v) is 7.36. The van der Waals surface area contributed by atoms with E-state index in [0.29, 0.717) is 5.01 Å². The third kappa shape index (κ3) is 3.81. The van der Waals surface area contributed by atoms with E-state index < -0.39 is 11.9 Å². The van der Waals surface area contributed by atoms with E-state index in [0.717, 1.165) is 20.7 Å². The van der Waals surface area contributed by atoms with Crippen LogP contribution in [0.1, 0.15) is 24.4 Å². The zero-order chi connectivity index (χ0) is 14.9. The Morgan fingerprint density at radius 2 is 2.10 bits per heavy atom. The zero-order valence-corrected chi connectivity index (χ0v) is 13.9. The van der Waals surface area contributed by atoms with Gasteiger partial charge < -0.3 is 5.32 Å². The van der Waals surface area contributed by atoms with Gasteiger partial charge in [0.1, 0.15) is 5.01 Å². The molecular formula is C12H12BrF3N2S2. The van der Waals surface area contributed by atoms with Crippen LogP contribution in [0.5, 0.6) is 0 Å². The molecule has 0 radical (unpaired) electrons. The van der Waals surface area contributed by atoms with Crippen LogP contribution in [0.15, 0.2) is 15.9 Å². The molecule has 0 saturated carbocycles. The van der Waals surface area contributed by atoms with Gasteiger partial charge in [0.05, 0.1) is 9.75 Å². The van der Waals surface area contributed by atoms with Crippen molar-refractivity contribution in [1.82, 2.24) is 10.3 Å². The maximum Gasteiger partial charge on any atom is 0.434 e. The van der Waals surface area contributed by atoms with E-state index in [1.165, 1.54) is 11.3 Å². The topological polar surface area (TPSA) is 24.9 Å². The Morgan fingerprint density at radius 1 is 1.40 bits per heavy atom. The first-order valence-corrected chi connectivity index (χ1v) is 8.31. The molecule has 0 fully saturated rings. The molecule has 0 amide bonds. The standard InChI is InChI=1S/C12H12BrF3N2S2/c1-6(2)17-4-9-10(12(14,15)16)18-11(20-9)8-3-7(13)5-19-8/h3,5-6,17H,4H2,1-2H3. The number of alkyl halides is 3. The molecule has 2 rings (SSSR count). The van der Waals surface area contributed by atoms with Crippen molar-refractivity contribution in [2.45, 2.75) is 32.6 Å². The van der Waals surface area contributed by atoms with Gasteiger partial charge in [-0.25, -0.2) is 4.98 Å². The average molecular weight is 385 g/mol. The van der Waals surface area contributed by atoms with Gasteiger partial charge in [-0.05, 0) is 22.0 Å². The van der Waals surface area contributed by atoms with Gasteiger partial charge in [0.2, 0.25) is 0 Å². The summed E-state index contributed by atoms with van der Waals surface area (Å²) in [4.78, 5) is 4.75. The maximum atomic E-state index is 13.0. The summed E-state index contributed by atoms with van der Waals surface area (Å²) < 4.78 is 39.9. The van der Waals surface area contributed by atoms with Gasteiger partial charge in [-0.15, -0.1) is 22.7 Å². The summed E-state index contributed by atoms with van der Waals surface area (Å²) in [7, 11) is 0. The number of thiazole rings is 1. The largest absolute Gasteiger partial charge is 0.434 e. The summed E-state index contributed by atoms with van der Waals surface area (Å²) in [6, 6.07) is 1.90. The summed E-state index contributed by atoms with van der Waals surface area (Å²) in [6.07, 6.45) is -4.42. The van der Waals surface area contributed by atoms with Crippen molar-refractivity contribution in [2.75, 3.05) is 0 Å². The van der Waals surface area contributed by atoms with E-state index >= 15 is 0 Å². The van der Waals surface area contributed by atoms with E-state index in [1.807, 2.05) is 19.2 Å². The fraction of sp³-hybridized carbons (Fsp3) is 0.417. The van der Waals surface area contributed by atoms with Crippen LogP contribution in [0, 0.1) is 0 Å². The monoisotopic (exact) mass is 384 g/mol. The molecule has 0 aromatic carbocycles. The molecule has 0 aliphatic carbocycles. The highest BCUT2D eigenvalue weighted by Crippen LogP contribution is 2.39. The van der Waals surface area contributed by atoms with Crippen LogP contribution in [0.3, 0.4) is 0 Å². The number of aromatic nitrogens is 1. The molecule has 0 atom stereocenters. The molecule has 0 aliphatic rings. The summed E-state index contributed by atoms with van der Waals surface area (Å²) in [5.74, 6) is 0. The Labute approximate surface area is 131 Å². The van der Waals surface area contributed by atoms with Crippen LogP contribution in [0.25, 0.3) is 9.88 Å². The Kier molecular flexibility index (Phi) is 4.88. The van der Waals surface area contributed by atoms with Gasteiger partial charge in [-0.2, -0.15) is 13.2 Å². The van der Waals surface area contributed by atoms with Crippen molar-refractivity contribution < 1.29 is 13.2 Å². The van der Waals surface area contributed by atoms with Crippen molar-refractivity contribution >= 4 is 38.6 Å². The number of thiophene rings is 1. The van der Waals surface area contributed by atoms with Crippen molar-refractivity contribution in [3.63, 3.8) is 0 Å². The normalized spacial score (nSPS) is 12.3. The second kappa shape index (κ2) is 6.13. The molecule has 110 valence electrons. The van der Waals surface area contributed by atoms with Crippen molar-refractivity contribution in [3.8, 4) is 9.88 Å². The van der Waals surface area contributed by atoms with Crippen LogP contribution < -0.4 is 5.32 Å². The van der Waals surface area contributed by atoms with Crippen LogP contribution in [-0.2, 0) is 12.7 Å². The maximum absolute atomic E-state index is 13.0. The van der Waals surface area contributed by atoms with Crippen molar-refractivity contribution in [2.24, 2.45) is 0 Å². The zero-order valence-electron chi connectivity index (χ0n) is 10.7. The molecule has 0 bridgehead atoms. The number of nitrogens with zero attached hydrogens (tertiary/aromatic N) is 1. The van der Waals surface area contributed by atoms with Crippen molar-refractivity contribution in [1.29, 1.82) is 0 Å². The number of rotatable bonds is 4. The Hall–Kier alpha value is -0.440. The van der Waals surface area contributed by atoms with E-state index in [2.05, 4.69) is 26.2 Å². The fourth-order valence-electron chi connectivity index (χ4n) is 1.52. The van der Waals surface area contributed by atoms with Gasteiger partial charge in [0, 0.05) is 22.4 Å². The molecule has 0 aliphatic heterocycles. The van der Waals surface area contributed by atoms with Crippen molar-refractivity contribution in [3.05, 3.63) is 26.5 Å². The Bertz CT molecular complexity index is 590. The van der Waals surface area contributed by atoms with E-state index in [4.69, 9.17) is 0 Å². The summed E-state index contributed by atoms with van der Waals surface area (Å²) in [5, 5.41) is 5.25. The Morgan fingerprint density at radius 3 is 2.60 bits per heavy atom. The average Bonchev–Trinajstić information content (AvgIpc) is 2.91. The second-order valence-electron chi connectivity index (χ2n) is 4.45. The highest BCUT2D eigenvalue weighted by Gasteiger charge is 2.37. The molecule has 2 heterocycles. The van der Waals surface area contributed by atoms with Gasteiger partial charge >= 0.3 is 6.18 Å². The Balaban J connectivity index is 2.36. The molecule has 0 saturated heterocycles. The predicted molar refractivity (Wildman–Crippen MR) is 80.1 cm³/mol. The predicted octanol–water partition coefficient (Wildman–Crippen LogP) is 5.15. The van der Waals surface area contributed by atoms with Crippen LogP contribution in [-0.4, -0.2) is 11.0 Å². The minimum Gasteiger partial charge on any atom is -0.310 e. The van der Waals surface area contributed by atoms with Gasteiger partial charge in [0.15, 0.2) is 5.69 Å². The van der Waals surface area contributed by atoms with E-state index in [9.17, 15) is 13.2 Å². The first-order valence-electron chi connectivity index (χ1n) is 5.82. The number of halogens is 4. The van der Waals surface area contributed by atoms with Crippen LogP contribution in [0.2, 0.25) is 0 Å². The number of hydrogen-bond acceptors (Lipinski definition) is 4. The molecule has 2 aromatic heterocycles. The smallest absolute Gasteiger partial charge is 0.310 e. The number of nitrogens with one attached hydrogen (secondary N) is 1. The highest BCUT2D eigenvalue weighted by atomic mass is 79.9.